The van der Waals surface area contributed by atoms with Gasteiger partial charge in [0.2, 0.25) is 0 Å². The third-order valence-corrected chi connectivity index (χ3v) is 2.18. The number of methoxy groups -OCH3 is 1. The standard InChI is InChI=1S/C14H10N2O2/c1-18-14(17)13-11(5-4-10-16-13)7-8-12-6-2-3-9-15-12/h2-6,9-10H,1H3. The van der Waals surface area contributed by atoms with Crippen LogP contribution in [0.15, 0.2) is 42.7 Å². The first-order valence-electron chi connectivity index (χ1n) is 5.27. The molecule has 0 amide bonds. The van der Waals surface area contributed by atoms with Gasteiger partial charge in [0.1, 0.15) is 5.69 Å². The van der Waals surface area contributed by atoms with E-state index in [-0.39, 0.29) is 5.69 Å². The average molecular weight is 238 g/mol. The van der Waals surface area contributed by atoms with Crippen LogP contribution < -0.4 is 0 Å². The number of hydrogen-bond donors (Lipinski definition) is 0. The van der Waals surface area contributed by atoms with E-state index in [1.807, 2.05) is 12.1 Å². The van der Waals surface area contributed by atoms with Crippen LogP contribution in [0.5, 0.6) is 0 Å². The van der Waals surface area contributed by atoms with Crippen molar-refractivity contribution < 1.29 is 9.53 Å². The SMILES string of the molecule is COC(=O)c1ncccc1C#Cc1ccccn1. The molecule has 0 saturated heterocycles. The van der Waals surface area contributed by atoms with Gasteiger partial charge in [-0.1, -0.05) is 12.0 Å². The second kappa shape index (κ2) is 5.60. The van der Waals surface area contributed by atoms with Crippen LogP contribution in [-0.2, 0) is 4.74 Å². The Labute approximate surface area is 105 Å². The Kier molecular flexibility index (Phi) is 3.67. The molecule has 0 N–H and O–H groups in total. The van der Waals surface area contributed by atoms with Gasteiger partial charge < -0.3 is 4.74 Å². The number of carbonyl (C=O) groups is 1. The molecule has 2 rings (SSSR count). The van der Waals surface area contributed by atoms with Crippen LogP contribution in [-0.4, -0.2) is 23.0 Å². The van der Waals surface area contributed by atoms with Gasteiger partial charge in [-0.05, 0) is 30.2 Å². The van der Waals surface area contributed by atoms with E-state index in [1.165, 1.54) is 13.3 Å². The fourth-order valence-corrected chi connectivity index (χ4v) is 1.33. The van der Waals surface area contributed by atoms with E-state index >= 15 is 0 Å². The van der Waals surface area contributed by atoms with Gasteiger partial charge in [-0.15, -0.1) is 0 Å². The van der Waals surface area contributed by atoms with Gasteiger partial charge in [0, 0.05) is 12.4 Å². The average Bonchev–Trinajstić information content (AvgIpc) is 2.45. The molecule has 2 aromatic rings. The lowest BCUT2D eigenvalue weighted by molar-refractivity contribution is 0.0593. The normalized spacial score (nSPS) is 9.17. The number of hydrogen-bond acceptors (Lipinski definition) is 4. The van der Waals surface area contributed by atoms with Crippen LogP contribution in [0.4, 0.5) is 0 Å². The van der Waals surface area contributed by atoms with Crippen molar-refractivity contribution in [2.24, 2.45) is 0 Å². The number of rotatable bonds is 1. The molecule has 0 saturated carbocycles. The van der Waals surface area contributed by atoms with Gasteiger partial charge in [0.15, 0.2) is 5.69 Å². The molecule has 0 aromatic carbocycles. The van der Waals surface area contributed by atoms with Crippen molar-refractivity contribution in [1.29, 1.82) is 0 Å². The van der Waals surface area contributed by atoms with Crippen LogP contribution in [0.3, 0.4) is 0 Å². The molecule has 0 bridgehead atoms. The van der Waals surface area contributed by atoms with E-state index in [4.69, 9.17) is 0 Å². The summed E-state index contributed by atoms with van der Waals surface area (Å²) in [6.07, 6.45) is 3.19. The van der Waals surface area contributed by atoms with Crippen molar-refractivity contribution in [3.8, 4) is 11.8 Å². The first-order chi connectivity index (χ1) is 8.81. The molecule has 0 atom stereocenters. The van der Waals surface area contributed by atoms with Crippen molar-refractivity contribution >= 4 is 5.97 Å². The molecule has 0 unspecified atom stereocenters. The number of esters is 1. The minimum absolute atomic E-state index is 0.212. The first-order valence-corrected chi connectivity index (χ1v) is 5.27. The highest BCUT2D eigenvalue weighted by molar-refractivity contribution is 5.90. The maximum atomic E-state index is 11.5. The van der Waals surface area contributed by atoms with E-state index < -0.39 is 5.97 Å². The van der Waals surface area contributed by atoms with Gasteiger partial charge in [0.05, 0.1) is 12.7 Å². The molecule has 2 heterocycles. The molecule has 4 heteroatoms. The van der Waals surface area contributed by atoms with E-state index in [1.54, 1.807) is 24.4 Å². The molecule has 0 radical (unpaired) electrons. The maximum Gasteiger partial charge on any atom is 0.357 e. The van der Waals surface area contributed by atoms with Crippen molar-refractivity contribution in [3.05, 3.63) is 59.7 Å². The number of pyridine rings is 2. The van der Waals surface area contributed by atoms with Gasteiger partial charge in [-0.3, -0.25) is 0 Å². The summed E-state index contributed by atoms with van der Waals surface area (Å²) >= 11 is 0. The minimum Gasteiger partial charge on any atom is -0.464 e. The monoisotopic (exact) mass is 238 g/mol. The van der Waals surface area contributed by atoms with E-state index in [0.717, 1.165) is 0 Å². The van der Waals surface area contributed by atoms with Gasteiger partial charge in [0.25, 0.3) is 0 Å². The molecule has 18 heavy (non-hydrogen) atoms. The maximum absolute atomic E-state index is 11.5. The summed E-state index contributed by atoms with van der Waals surface area (Å²) in [7, 11) is 1.31. The van der Waals surface area contributed by atoms with Crippen molar-refractivity contribution in [1.82, 2.24) is 9.97 Å². The van der Waals surface area contributed by atoms with Gasteiger partial charge in [-0.2, -0.15) is 0 Å². The van der Waals surface area contributed by atoms with Crippen LogP contribution in [0.1, 0.15) is 21.7 Å². The molecule has 4 nitrogen and oxygen atoms in total. The Bertz CT molecular complexity index is 612. The zero-order chi connectivity index (χ0) is 12.8. The van der Waals surface area contributed by atoms with E-state index in [9.17, 15) is 4.79 Å². The predicted molar refractivity (Wildman–Crippen MR) is 65.8 cm³/mol. The highest BCUT2D eigenvalue weighted by Gasteiger charge is 2.10. The van der Waals surface area contributed by atoms with Crippen molar-refractivity contribution in [3.63, 3.8) is 0 Å². The molecular formula is C14H10N2O2. The molecule has 0 fully saturated rings. The first kappa shape index (κ1) is 11.8. The Balaban J connectivity index is 2.36. The third kappa shape index (κ3) is 2.71. The second-order valence-corrected chi connectivity index (χ2v) is 3.36. The molecule has 88 valence electrons. The largest absolute Gasteiger partial charge is 0.464 e. The summed E-state index contributed by atoms with van der Waals surface area (Å²) in [6, 6.07) is 8.89. The smallest absolute Gasteiger partial charge is 0.357 e. The molecular weight excluding hydrogens is 228 g/mol. The number of ether oxygens (including phenoxy) is 1. The number of aromatic nitrogens is 2. The fraction of sp³-hybridized carbons (Fsp3) is 0.0714. The van der Waals surface area contributed by atoms with Gasteiger partial charge >= 0.3 is 5.97 Å². The topological polar surface area (TPSA) is 52.1 Å². The lowest BCUT2D eigenvalue weighted by Gasteiger charge is -1.99. The zero-order valence-corrected chi connectivity index (χ0v) is 9.75. The van der Waals surface area contributed by atoms with Crippen LogP contribution in [0, 0.1) is 11.8 Å². The van der Waals surface area contributed by atoms with Crippen LogP contribution >= 0.6 is 0 Å². The Morgan fingerprint density at radius 3 is 2.67 bits per heavy atom. The summed E-state index contributed by atoms with van der Waals surface area (Å²) in [6.45, 7) is 0. The van der Waals surface area contributed by atoms with E-state index in [2.05, 4.69) is 26.5 Å². The lowest BCUT2D eigenvalue weighted by Crippen LogP contribution is -2.06. The Morgan fingerprint density at radius 1 is 1.11 bits per heavy atom. The molecule has 0 spiro atoms. The van der Waals surface area contributed by atoms with Crippen LogP contribution in [0.25, 0.3) is 0 Å². The highest BCUT2D eigenvalue weighted by Crippen LogP contribution is 2.05. The summed E-state index contributed by atoms with van der Waals surface area (Å²) in [5.41, 5.74) is 1.37. The summed E-state index contributed by atoms with van der Waals surface area (Å²) in [5.74, 6) is 5.24. The Morgan fingerprint density at radius 2 is 1.94 bits per heavy atom. The van der Waals surface area contributed by atoms with Crippen molar-refractivity contribution in [2.45, 2.75) is 0 Å². The van der Waals surface area contributed by atoms with Crippen LogP contribution in [0.2, 0.25) is 0 Å². The highest BCUT2D eigenvalue weighted by atomic mass is 16.5. The summed E-state index contributed by atoms with van der Waals surface area (Å²) < 4.78 is 4.64. The third-order valence-electron chi connectivity index (χ3n) is 2.18. The molecule has 2 aromatic heterocycles. The number of nitrogens with zero attached hydrogens (tertiary/aromatic N) is 2. The Hall–Kier alpha value is -2.67. The predicted octanol–water partition coefficient (Wildman–Crippen LogP) is 1.66. The summed E-state index contributed by atoms with van der Waals surface area (Å²) in [5, 5.41) is 0. The lowest BCUT2D eigenvalue weighted by atomic mass is 10.2. The molecule has 0 aliphatic rings. The van der Waals surface area contributed by atoms with Crippen molar-refractivity contribution in [2.75, 3.05) is 7.11 Å². The fourth-order valence-electron chi connectivity index (χ4n) is 1.33. The number of carbonyl (C=O) groups excluding carboxylic acids is 1. The van der Waals surface area contributed by atoms with E-state index in [0.29, 0.717) is 11.3 Å². The summed E-state index contributed by atoms with van der Waals surface area (Å²) in [4.78, 5) is 19.5. The molecule has 0 aliphatic carbocycles. The van der Waals surface area contributed by atoms with Gasteiger partial charge in [-0.25, -0.2) is 14.8 Å². The second-order valence-electron chi connectivity index (χ2n) is 3.36. The zero-order valence-electron chi connectivity index (χ0n) is 9.75. The minimum atomic E-state index is -0.499. The quantitative estimate of drug-likeness (QED) is 0.560. The molecule has 0 aliphatic heterocycles.